The van der Waals surface area contributed by atoms with Crippen LogP contribution in [0.25, 0.3) is 0 Å². The highest BCUT2D eigenvalue weighted by atomic mass is 16.6. The number of nitrogens with one attached hydrogen (secondary N) is 1. The minimum absolute atomic E-state index is 0.0675. The molecule has 0 atom stereocenters. The maximum absolute atomic E-state index is 11.9. The number of aliphatic hydroxyl groups is 2. The summed E-state index contributed by atoms with van der Waals surface area (Å²) in [6.07, 6.45) is 2.47. The Balaban J connectivity index is 1.90. The summed E-state index contributed by atoms with van der Waals surface area (Å²) in [6.45, 7) is -0.129. The summed E-state index contributed by atoms with van der Waals surface area (Å²) >= 11 is 0. The van der Waals surface area contributed by atoms with Crippen molar-refractivity contribution in [1.29, 1.82) is 0 Å². The van der Waals surface area contributed by atoms with E-state index in [1.54, 1.807) is 24.3 Å². The van der Waals surface area contributed by atoms with Gasteiger partial charge in [-0.1, -0.05) is 30.0 Å². The highest BCUT2D eigenvalue weighted by Crippen LogP contribution is 2.21. The highest BCUT2D eigenvalue weighted by Gasteiger charge is 2.29. The second-order valence-electron chi connectivity index (χ2n) is 5.23. The van der Waals surface area contributed by atoms with Crippen LogP contribution in [0, 0.1) is 11.8 Å². The fourth-order valence-corrected chi connectivity index (χ4v) is 2.12. The Morgan fingerprint density at radius 2 is 1.81 bits per heavy atom. The van der Waals surface area contributed by atoms with Crippen molar-refractivity contribution in [3.63, 3.8) is 0 Å². The molecule has 26 heavy (non-hydrogen) atoms. The van der Waals surface area contributed by atoms with Crippen LogP contribution in [0.3, 0.4) is 0 Å². The molecule has 1 aromatic heterocycles. The van der Waals surface area contributed by atoms with E-state index in [9.17, 15) is 24.6 Å². The molecule has 0 spiro atoms. The molecule has 2 aromatic rings. The first-order chi connectivity index (χ1) is 12.5. The fraction of sp³-hybridized carbons (Fsp3) is 0.0556. The molecular formula is C18H12N2O6. The highest BCUT2D eigenvalue weighted by molar-refractivity contribution is 5.91. The molecular weight excluding hydrogens is 340 g/mol. The van der Waals surface area contributed by atoms with Gasteiger partial charge in [0.1, 0.15) is 5.56 Å². The zero-order chi connectivity index (χ0) is 18.7. The Morgan fingerprint density at radius 3 is 2.46 bits per heavy atom. The lowest BCUT2D eigenvalue weighted by molar-refractivity contribution is -0.135. The summed E-state index contributed by atoms with van der Waals surface area (Å²) in [5, 5.41) is 18.8. The summed E-state index contributed by atoms with van der Waals surface area (Å²) < 4.78 is 5.75. The van der Waals surface area contributed by atoms with Gasteiger partial charge in [-0.25, -0.2) is 9.59 Å². The number of esters is 1. The summed E-state index contributed by atoms with van der Waals surface area (Å²) in [6, 6.07) is 9.00. The number of rotatable bonds is 2. The van der Waals surface area contributed by atoms with Crippen LogP contribution >= 0.6 is 0 Å². The average molecular weight is 352 g/mol. The molecule has 3 N–H and O–H groups in total. The van der Waals surface area contributed by atoms with E-state index < -0.39 is 28.7 Å². The molecule has 1 aromatic carbocycles. The van der Waals surface area contributed by atoms with Crippen LogP contribution in [0.4, 0.5) is 0 Å². The Hall–Kier alpha value is -3.99. The van der Waals surface area contributed by atoms with E-state index in [0.29, 0.717) is 5.56 Å². The van der Waals surface area contributed by atoms with Crippen LogP contribution in [0.2, 0.25) is 0 Å². The van der Waals surface area contributed by atoms with E-state index in [1.165, 1.54) is 12.3 Å². The Bertz CT molecular complexity index is 1110. The molecule has 1 aliphatic heterocycles. The first-order valence-corrected chi connectivity index (χ1v) is 7.41. The molecule has 0 saturated heterocycles. The van der Waals surface area contributed by atoms with Crippen LogP contribution in [0.1, 0.15) is 11.1 Å². The molecule has 0 amide bonds. The summed E-state index contributed by atoms with van der Waals surface area (Å²) in [5.41, 5.74) is -0.558. The zero-order valence-electron chi connectivity index (χ0n) is 13.2. The van der Waals surface area contributed by atoms with Crippen molar-refractivity contribution in [3.05, 3.63) is 91.8 Å². The monoisotopic (exact) mass is 352 g/mol. The fourth-order valence-electron chi connectivity index (χ4n) is 2.12. The third-order valence-electron chi connectivity index (χ3n) is 3.45. The number of benzene rings is 1. The van der Waals surface area contributed by atoms with Gasteiger partial charge >= 0.3 is 11.7 Å². The van der Waals surface area contributed by atoms with E-state index >= 15 is 0 Å². The van der Waals surface area contributed by atoms with E-state index in [0.717, 1.165) is 4.57 Å². The van der Waals surface area contributed by atoms with Gasteiger partial charge in [-0.05, 0) is 18.2 Å². The number of aliphatic hydroxyl groups excluding tert-OH is 2. The molecule has 0 aliphatic carbocycles. The lowest BCUT2D eigenvalue weighted by Gasteiger charge is -2.03. The van der Waals surface area contributed by atoms with Gasteiger partial charge in [-0.3, -0.25) is 14.3 Å². The van der Waals surface area contributed by atoms with E-state index in [1.807, 2.05) is 6.07 Å². The van der Waals surface area contributed by atoms with Crippen LogP contribution < -0.4 is 11.2 Å². The van der Waals surface area contributed by atoms with Crippen molar-refractivity contribution in [2.75, 3.05) is 0 Å². The smallest absolute Gasteiger partial charge is 0.383 e. The molecule has 8 heteroatoms. The number of nitrogens with zero attached hydrogens (tertiary/aromatic N) is 1. The molecule has 1 aliphatic rings. The van der Waals surface area contributed by atoms with Crippen molar-refractivity contribution in [2.24, 2.45) is 0 Å². The first-order valence-electron chi connectivity index (χ1n) is 7.41. The van der Waals surface area contributed by atoms with E-state index in [-0.39, 0.29) is 17.9 Å². The van der Waals surface area contributed by atoms with Crippen LogP contribution in [-0.2, 0) is 16.1 Å². The lowest BCUT2D eigenvalue weighted by Crippen LogP contribution is -2.30. The van der Waals surface area contributed by atoms with Gasteiger partial charge in [0.15, 0.2) is 5.76 Å². The quantitative estimate of drug-likeness (QED) is 0.540. The minimum atomic E-state index is -1.09. The topological polar surface area (TPSA) is 122 Å². The zero-order valence-corrected chi connectivity index (χ0v) is 13.2. The van der Waals surface area contributed by atoms with E-state index in [4.69, 9.17) is 0 Å². The molecule has 8 nitrogen and oxygen atoms in total. The van der Waals surface area contributed by atoms with Crippen molar-refractivity contribution in [2.45, 2.75) is 6.54 Å². The number of H-pyrrole nitrogens is 1. The summed E-state index contributed by atoms with van der Waals surface area (Å²) in [7, 11) is 0. The standard InChI is InChI=1S/C18H12N2O6/c21-14-13(26-17(24)15(14)22)8-9-20-10-12(16(23)19-18(20)25)7-6-11-4-2-1-3-5-11/h1-5,8,10,21-22H,9H2,(H,19,23,25)/b13-8-. The number of allylic oxidation sites excluding steroid dienone is 1. The largest absolute Gasteiger partial charge is 0.502 e. The summed E-state index contributed by atoms with van der Waals surface area (Å²) in [4.78, 5) is 37.0. The molecule has 0 bridgehead atoms. The molecule has 2 heterocycles. The number of hydrogen-bond donors (Lipinski definition) is 3. The predicted molar refractivity (Wildman–Crippen MR) is 90.2 cm³/mol. The molecule has 0 saturated carbocycles. The van der Waals surface area contributed by atoms with Gasteiger partial charge in [0.05, 0.1) is 0 Å². The van der Waals surface area contributed by atoms with Gasteiger partial charge in [0.25, 0.3) is 5.56 Å². The second-order valence-corrected chi connectivity index (χ2v) is 5.23. The normalized spacial score (nSPS) is 14.9. The number of cyclic esters (lactones) is 1. The number of carbonyl (C=O) groups excluding carboxylic acids is 1. The first kappa shape index (κ1) is 16.9. The number of ether oxygens (including phenoxy) is 1. The van der Waals surface area contributed by atoms with Gasteiger partial charge in [0, 0.05) is 18.3 Å². The maximum Gasteiger partial charge on any atom is 0.383 e. The molecule has 0 unspecified atom stereocenters. The Labute approximate surface area is 146 Å². The van der Waals surface area contributed by atoms with Gasteiger partial charge in [-0.15, -0.1) is 0 Å². The molecule has 0 radical (unpaired) electrons. The van der Waals surface area contributed by atoms with Crippen molar-refractivity contribution < 1.29 is 19.7 Å². The average Bonchev–Trinajstić information content (AvgIpc) is 2.88. The lowest BCUT2D eigenvalue weighted by atomic mass is 10.2. The number of aromatic amines is 1. The van der Waals surface area contributed by atoms with Crippen molar-refractivity contribution in [1.82, 2.24) is 9.55 Å². The van der Waals surface area contributed by atoms with Crippen molar-refractivity contribution in [3.8, 4) is 11.8 Å². The van der Waals surface area contributed by atoms with Gasteiger partial charge < -0.3 is 14.9 Å². The van der Waals surface area contributed by atoms with Gasteiger partial charge in [0.2, 0.25) is 11.5 Å². The summed E-state index contributed by atoms with van der Waals surface area (Å²) in [5.74, 6) is 2.53. The number of carbonyl (C=O) groups is 1. The van der Waals surface area contributed by atoms with Crippen LogP contribution in [0.5, 0.6) is 0 Å². The Kier molecular flexibility index (Phi) is 4.45. The third-order valence-corrected chi connectivity index (χ3v) is 3.45. The Morgan fingerprint density at radius 1 is 1.08 bits per heavy atom. The van der Waals surface area contributed by atoms with Crippen LogP contribution in [0.15, 0.2) is 69.5 Å². The maximum atomic E-state index is 11.9. The predicted octanol–water partition coefficient (Wildman–Crippen LogP) is 0.705. The molecule has 3 rings (SSSR count). The SMILES string of the molecule is O=C1O/C(=C\Cn2cc(C#Cc3ccccc3)c(=O)[nH]c2=O)C(O)=C1O. The second kappa shape index (κ2) is 6.86. The third kappa shape index (κ3) is 3.42. The van der Waals surface area contributed by atoms with Crippen LogP contribution in [-0.4, -0.2) is 25.7 Å². The minimum Gasteiger partial charge on any atom is -0.502 e. The van der Waals surface area contributed by atoms with Gasteiger partial charge in [-0.2, -0.15) is 0 Å². The van der Waals surface area contributed by atoms with E-state index in [2.05, 4.69) is 21.6 Å². The molecule has 0 fully saturated rings. The number of aromatic nitrogens is 2. The number of hydrogen-bond acceptors (Lipinski definition) is 6. The molecule has 130 valence electrons. The van der Waals surface area contributed by atoms with Crippen molar-refractivity contribution >= 4 is 5.97 Å².